The normalized spacial score (nSPS) is 18.4. The molecule has 0 bridgehead atoms. The number of tetrazole rings is 1. The van der Waals surface area contributed by atoms with Crippen LogP contribution < -0.4 is 10.9 Å². The smallest absolute Gasteiger partial charge is 0.413 e. The maximum Gasteiger partial charge on any atom is 0.413 e. The van der Waals surface area contributed by atoms with Gasteiger partial charge in [0, 0.05) is 34.2 Å². The molecule has 44 heavy (non-hydrogen) atoms. The molecule has 0 spiro atoms. The Balaban J connectivity index is 1.21. The van der Waals surface area contributed by atoms with Crippen molar-refractivity contribution in [1.82, 2.24) is 39.7 Å². The van der Waals surface area contributed by atoms with Gasteiger partial charge in [-0.05, 0) is 73.2 Å². The monoisotopic (exact) mass is 613 g/mol. The van der Waals surface area contributed by atoms with Crippen LogP contribution in [0, 0.1) is 11.9 Å². The zero-order valence-corrected chi connectivity index (χ0v) is 24.5. The van der Waals surface area contributed by atoms with Crippen LogP contribution in [0.4, 0.5) is 15.0 Å². The van der Waals surface area contributed by atoms with Crippen molar-refractivity contribution in [3.63, 3.8) is 0 Å². The Kier molecular flexibility index (Phi) is 6.43. The van der Waals surface area contributed by atoms with Crippen molar-refractivity contribution in [2.24, 2.45) is 5.92 Å². The van der Waals surface area contributed by atoms with Crippen molar-refractivity contribution >= 4 is 23.5 Å². The lowest BCUT2D eigenvalue weighted by molar-refractivity contribution is 0.0635. The zero-order chi connectivity index (χ0) is 30.7. The van der Waals surface area contributed by atoms with Crippen LogP contribution in [0.5, 0.6) is 0 Å². The van der Waals surface area contributed by atoms with E-state index in [1.54, 1.807) is 55.8 Å². The number of hydrogen-bond donors (Lipinski definition) is 2. The number of imidazole rings is 1. The minimum Gasteiger partial charge on any atom is -0.444 e. The summed E-state index contributed by atoms with van der Waals surface area (Å²) in [7, 11) is 0. The van der Waals surface area contributed by atoms with E-state index in [9.17, 15) is 9.59 Å². The number of H-pyrrole nitrogens is 1. The molecule has 14 heteroatoms. The molecular weight excluding hydrogens is 589 g/mol. The van der Waals surface area contributed by atoms with E-state index in [2.05, 4.69) is 47.9 Å². The first-order valence-corrected chi connectivity index (χ1v) is 14.1. The van der Waals surface area contributed by atoms with Gasteiger partial charge in [-0.2, -0.15) is 9.07 Å². The van der Waals surface area contributed by atoms with E-state index in [0.717, 1.165) is 5.69 Å². The van der Waals surface area contributed by atoms with Gasteiger partial charge in [-0.1, -0.05) is 23.8 Å². The molecule has 5 aromatic rings. The second-order valence-corrected chi connectivity index (χ2v) is 12.0. The average Bonchev–Trinajstić information content (AvgIpc) is 3.67. The Morgan fingerprint density at radius 3 is 2.66 bits per heavy atom. The number of rotatable bonds is 5. The van der Waals surface area contributed by atoms with Crippen molar-refractivity contribution in [1.29, 1.82) is 0 Å². The number of nitrogens with zero attached hydrogens (tertiary/aromatic N) is 7. The molecule has 4 aromatic heterocycles. The van der Waals surface area contributed by atoms with Gasteiger partial charge in [0.05, 0.1) is 29.2 Å². The summed E-state index contributed by atoms with van der Waals surface area (Å²) >= 11 is 6.35. The number of carbonyl (C=O) groups is 1. The van der Waals surface area contributed by atoms with Crippen LogP contribution in [0.2, 0.25) is 5.02 Å². The maximum atomic E-state index is 15.1. The highest BCUT2D eigenvalue weighted by atomic mass is 35.5. The highest BCUT2D eigenvalue weighted by molar-refractivity contribution is 6.31. The molecule has 222 valence electrons. The van der Waals surface area contributed by atoms with Crippen molar-refractivity contribution in [2.45, 2.75) is 38.3 Å². The van der Waals surface area contributed by atoms with Gasteiger partial charge < -0.3 is 14.3 Å². The lowest BCUT2D eigenvalue weighted by atomic mass is 9.78. The number of aromatic nitrogens is 8. The average molecular weight is 614 g/mol. The fourth-order valence-corrected chi connectivity index (χ4v) is 5.87. The van der Waals surface area contributed by atoms with E-state index < -0.39 is 17.6 Å². The molecule has 1 aromatic carbocycles. The van der Waals surface area contributed by atoms with Crippen molar-refractivity contribution in [2.75, 3.05) is 5.32 Å². The lowest BCUT2D eigenvalue weighted by Gasteiger charge is -2.25. The number of hydrogen-bond acceptors (Lipinski definition) is 8. The predicted octanol–water partition coefficient (Wildman–Crippen LogP) is 5.29. The molecule has 1 aliphatic carbocycles. The molecule has 1 unspecified atom stereocenters. The van der Waals surface area contributed by atoms with Crippen LogP contribution in [0.3, 0.4) is 0 Å². The van der Waals surface area contributed by atoms with Crippen LogP contribution in [-0.2, 0) is 4.74 Å². The first kappa shape index (κ1) is 27.7. The van der Waals surface area contributed by atoms with Crippen LogP contribution in [-0.4, -0.2) is 51.4 Å². The Morgan fingerprint density at radius 2 is 1.95 bits per heavy atom. The number of allylic oxidation sites excluding steroid dienone is 2. The van der Waals surface area contributed by atoms with Gasteiger partial charge in [0.1, 0.15) is 23.6 Å². The Morgan fingerprint density at radius 1 is 1.11 bits per heavy atom. The molecule has 0 radical (unpaired) electrons. The number of nitrogens with one attached hydrogen (secondary N) is 2. The molecule has 0 fully saturated rings. The quantitative estimate of drug-likeness (QED) is 0.201. The summed E-state index contributed by atoms with van der Waals surface area (Å²) in [6.07, 6.45) is 6.48. The van der Waals surface area contributed by atoms with Gasteiger partial charge >= 0.3 is 6.09 Å². The number of amides is 1. The number of anilines is 1. The molecule has 12 nitrogen and oxygen atoms in total. The topological polar surface area (TPSA) is 146 Å². The second kappa shape index (κ2) is 10.2. The molecule has 2 N–H and O–H groups in total. The number of aromatic amines is 1. The number of halogens is 2. The van der Waals surface area contributed by atoms with Crippen molar-refractivity contribution < 1.29 is 13.9 Å². The zero-order valence-electron chi connectivity index (χ0n) is 23.7. The fraction of sp³-hybridized carbons (Fsp3) is 0.233. The predicted molar refractivity (Wildman–Crippen MR) is 159 cm³/mol. The van der Waals surface area contributed by atoms with E-state index >= 15 is 4.39 Å². The second-order valence-electron chi connectivity index (χ2n) is 11.6. The summed E-state index contributed by atoms with van der Waals surface area (Å²) in [4.78, 5) is 37.3. The van der Waals surface area contributed by atoms with Crippen LogP contribution in [0.1, 0.15) is 44.1 Å². The van der Waals surface area contributed by atoms with E-state index in [1.807, 2.05) is 6.07 Å². The summed E-state index contributed by atoms with van der Waals surface area (Å²) in [5.41, 5.74) is 2.77. The number of ether oxygens (including phenoxy) is 1. The summed E-state index contributed by atoms with van der Waals surface area (Å²) < 4.78 is 23.5. The Bertz CT molecular complexity index is 2010. The van der Waals surface area contributed by atoms with Gasteiger partial charge in [0.15, 0.2) is 0 Å². The van der Waals surface area contributed by atoms with Gasteiger partial charge in [0.25, 0.3) is 5.56 Å². The minimum atomic E-state index is -0.825. The minimum absolute atomic E-state index is 0.00440. The third-order valence-corrected chi connectivity index (χ3v) is 7.79. The molecule has 0 saturated heterocycles. The largest absolute Gasteiger partial charge is 0.444 e. The molecule has 1 amide bonds. The third kappa shape index (κ3) is 4.84. The molecular formula is C30H25ClFN9O3. The molecule has 2 aliphatic rings. The summed E-state index contributed by atoms with van der Waals surface area (Å²) in [6.45, 7) is 5.18. The van der Waals surface area contributed by atoms with Crippen molar-refractivity contribution in [3.8, 4) is 28.2 Å². The Hall–Kier alpha value is -5.17. The molecule has 7 rings (SSSR count). The van der Waals surface area contributed by atoms with E-state index in [1.165, 1.54) is 23.1 Å². The third-order valence-electron chi connectivity index (χ3n) is 7.55. The van der Waals surface area contributed by atoms with E-state index in [0.29, 0.717) is 27.5 Å². The van der Waals surface area contributed by atoms with Gasteiger partial charge in [0.2, 0.25) is 5.95 Å². The highest BCUT2D eigenvalue weighted by Crippen LogP contribution is 2.51. The molecule has 3 atom stereocenters. The lowest BCUT2D eigenvalue weighted by Crippen LogP contribution is -2.27. The van der Waals surface area contributed by atoms with Gasteiger partial charge in [-0.3, -0.25) is 10.1 Å². The maximum absolute atomic E-state index is 15.1. The van der Waals surface area contributed by atoms with Crippen LogP contribution >= 0.6 is 11.6 Å². The SMILES string of the molecule is CC(C)(C)OC(=O)Nc1ccc(-c2ncc([C@@H]3[C@H]4C=CC4c4cc(-c5cc(Cl)ccc5-n5cnnn5)cc(=O)n43)[nH]2)c(F)n1. The summed E-state index contributed by atoms with van der Waals surface area (Å²) in [5.74, 6) is -0.560. The van der Waals surface area contributed by atoms with Crippen molar-refractivity contribution in [3.05, 3.63) is 99.9 Å². The number of pyridine rings is 2. The standard InChI is InChI=1S/C30H25ClFN9O3/c1-30(2,3)44-29(43)37-24-9-7-19(27(32)36-24)28-33-13-21(35-28)26-18-6-5-17(18)23-10-15(11-25(42)41(23)26)20-12-16(31)4-8-22(20)40-14-34-38-39-40/h4-14,17-18,26H,1-3H3,(H,33,35)(H,36,37,43)/t17?,18-,26-/m0/s1. The first-order chi connectivity index (χ1) is 21.1. The van der Waals surface area contributed by atoms with Gasteiger partial charge in [-0.15, -0.1) is 5.10 Å². The Labute approximate surface area is 254 Å². The molecule has 0 saturated carbocycles. The number of benzene rings is 1. The van der Waals surface area contributed by atoms with Crippen LogP contribution in [0.25, 0.3) is 28.2 Å². The first-order valence-electron chi connectivity index (χ1n) is 13.8. The number of fused-ring (bicyclic) bond motifs is 3. The fourth-order valence-electron chi connectivity index (χ4n) is 5.70. The molecule has 1 aliphatic heterocycles. The summed E-state index contributed by atoms with van der Waals surface area (Å²) in [5, 5.41) is 14.4. The number of carbonyl (C=O) groups excluding carboxylic acids is 1. The van der Waals surface area contributed by atoms with Gasteiger partial charge in [-0.25, -0.2) is 14.8 Å². The summed E-state index contributed by atoms with van der Waals surface area (Å²) in [6, 6.07) is 11.4. The van der Waals surface area contributed by atoms with E-state index in [4.69, 9.17) is 16.3 Å². The van der Waals surface area contributed by atoms with E-state index in [-0.39, 0.29) is 40.6 Å². The highest BCUT2D eigenvalue weighted by Gasteiger charge is 2.45. The molecule has 5 heterocycles. The van der Waals surface area contributed by atoms with Crippen LogP contribution in [0.15, 0.2) is 71.9 Å².